The summed E-state index contributed by atoms with van der Waals surface area (Å²) in [6, 6.07) is 5.49. The molecule has 1 N–H and O–H groups in total. The molecule has 2 saturated heterocycles. The Morgan fingerprint density at radius 1 is 1.32 bits per heavy atom. The number of hydrogen-bond donors (Lipinski definition) is 1. The Morgan fingerprint density at radius 2 is 1.95 bits per heavy atom. The molecule has 2 atom stereocenters. The molecule has 3 heterocycles. The summed E-state index contributed by atoms with van der Waals surface area (Å²) < 4.78 is 0. The van der Waals surface area contributed by atoms with E-state index in [2.05, 4.69) is 10.3 Å². The lowest BCUT2D eigenvalue weighted by Gasteiger charge is -2.35. The van der Waals surface area contributed by atoms with Gasteiger partial charge in [0.1, 0.15) is 0 Å². The highest BCUT2D eigenvalue weighted by Crippen LogP contribution is 2.29. The molecule has 19 heavy (non-hydrogen) atoms. The number of nitrogens with one attached hydrogen (secondary N) is 1. The maximum Gasteiger partial charge on any atom is 0.226 e. The first kappa shape index (κ1) is 12.6. The van der Waals surface area contributed by atoms with Crippen LogP contribution in [0, 0.1) is 0 Å². The summed E-state index contributed by atoms with van der Waals surface area (Å²) in [4.78, 5) is 18.3. The molecule has 2 aliphatic heterocycles. The lowest BCUT2D eigenvalue weighted by Crippen LogP contribution is -2.49. The van der Waals surface area contributed by atoms with Gasteiger partial charge in [-0.2, -0.15) is 0 Å². The number of carbonyl (C=O) groups excluding carboxylic acids is 1. The standard InChI is InChI=1S/C15H21N3O/c1-18(14-9-12-2-3-13(10-14)17-12)15(19)8-11-4-6-16-7-5-11/h4-7,12-14,17H,2-3,8-10H2,1H3. The van der Waals surface area contributed by atoms with Crippen molar-refractivity contribution in [2.24, 2.45) is 0 Å². The van der Waals surface area contributed by atoms with Gasteiger partial charge in [-0.25, -0.2) is 0 Å². The Kier molecular flexibility index (Phi) is 3.51. The predicted molar refractivity (Wildman–Crippen MR) is 73.7 cm³/mol. The lowest BCUT2D eigenvalue weighted by atomic mass is 9.98. The molecule has 4 heteroatoms. The lowest BCUT2D eigenvalue weighted by molar-refractivity contribution is -0.131. The predicted octanol–water partition coefficient (Wildman–Crippen LogP) is 1.37. The minimum Gasteiger partial charge on any atom is -0.342 e. The van der Waals surface area contributed by atoms with Gasteiger partial charge in [-0.1, -0.05) is 0 Å². The molecule has 0 radical (unpaired) electrons. The molecule has 0 saturated carbocycles. The van der Waals surface area contributed by atoms with E-state index in [1.54, 1.807) is 12.4 Å². The van der Waals surface area contributed by atoms with Crippen LogP contribution in [0.15, 0.2) is 24.5 Å². The van der Waals surface area contributed by atoms with Gasteiger partial charge >= 0.3 is 0 Å². The molecule has 1 aromatic rings. The van der Waals surface area contributed by atoms with Gasteiger partial charge in [0.25, 0.3) is 0 Å². The highest BCUT2D eigenvalue weighted by atomic mass is 16.2. The van der Waals surface area contributed by atoms with Gasteiger partial charge in [0.2, 0.25) is 5.91 Å². The molecule has 2 aliphatic rings. The average molecular weight is 259 g/mol. The average Bonchev–Trinajstić information content (AvgIpc) is 2.77. The molecule has 0 aliphatic carbocycles. The van der Waals surface area contributed by atoms with Crippen LogP contribution >= 0.6 is 0 Å². The topological polar surface area (TPSA) is 45.2 Å². The number of fused-ring (bicyclic) bond motifs is 2. The number of hydrogen-bond acceptors (Lipinski definition) is 3. The van der Waals surface area contributed by atoms with E-state index in [9.17, 15) is 4.79 Å². The molecule has 2 fully saturated rings. The van der Waals surface area contributed by atoms with Crippen molar-refractivity contribution in [3.8, 4) is 0 Å². The van der Waals surface area contributed by atoms with Crippen LogP contribution in [0.5, 0.6) is 0 Å². The SMILES string of the molecule is CN(C(=O)Cc1ccncc1)C1CC2CCC(C1)N2. The van der Waals surface area contributed by atoms with Gasteiger partial charge < -0.3 is 10.2 Å². The second-order valence-electron chi connectivity index (χ2n) is 5.80. The molecule has 0 spiro atoms. The molecule has 1 aromatic heterocycles. The summed E-state index contributed by atoms with van der Waals surface area (Å²) in [7, 11) is 1.96. The summed E-state index contributed by atoms with van der Waals surface area (Å²) in [6.45, 7) is 0. The van der Waals surface area contributed by atoms with E-state index in [1.807, 2.05) is 24.1 Å². The second kappa shape index (κ2) is 5.29. The van der Waals surface area contributed by atoms with Crippen LogP contribution < -0.4 is 5.32 Å². The summed E-state index contributed by atoms with van der Waals surface area (Å²) in [5.74, 6) is 0.220. The zero-order valence-corrected chi connectivity index (χ0v) is 11.4. The Bertz CT molecular complexity index is 436. The summed E-state index contributed by atoms with van der Waals surface area (Å²) in [6.07, 6.45) is 8.73. The van der Waals surface area contributed by atoms with E-state index in [0.29, 0.717) is 24.5 Å². The zero-order chi connectivity index (χ0) is 13.2. The number of piperidine rings is 1. The molecule has 3 rings (SSSR count). The van der Waals surface area contributed by atoms with Gasteiger partial charge in [-0.3, -0.25) is 9.78 Å². The Morgan fingerprint density at radius 3 is 2.58 bits per heavy atom. The fraction of sp³-hybridized carbons (Fsp3) is 0.600. The number of carbonyl (C=O) groups is 1. The summed E-state index contributed by atoms with van der Waals surface area (Å²) >= 11 is 0. The number of nitrogens with zero attached hydrogens (tertiary/aromatic N) is 2. The number of amides is 1. The van der Waals surface area contributed by atoms with E-state index in [1.165, 1.54) is 12.8 Å². The third kappa shape index (κ3) is 2.78. The minimum atomic E-state index is 0.220. The zero-order valence-electron chi connectivity index (χ0n) is 11.4. The van der Waals surface area contributed by atoms with Crippen LogP contribution in [0.2, 0.25) is 0 Å². The molecule has 102 valence electrons. The van der Waals surface area contributed by atoms with E-state index >= 15 is 0 Å². The number of pyridine rings is 1. The minimum absolute atomic E-state index is 0.220. The third-order valence-corrected chi connectivity index (χ3v) is 4.49. The molecular weight excluding hydrogens is 238 g/mol. The largest absolute Gasteiger partial charge is 0.342 e. The molecule has 2 unspecified atom stereocenters. The van der Waals surface area contributed by atoms with Crippen molar-refractivity contribution in [2.75, 3.05) is 7.05 Å². The van der Waals surface area contributed by atoms with Gasteiger partial charge in [0.05, 0.1) is 6.42 Å². The van der Waals surface area contributed by atoms with Crippen LogP contribution in [0.1, 0.15) is 31.2 Å². The van der Waals surface area contributed by atoms with Crippen molar-refractivity contribution in [3.05, 3.63) is 30.1 Å². The fourth-order valence-electron chi connectivity index (χ4n) is 3.35. The van der Waals surface area contributed by atoms with Crippen LogP contribution in [0.25, 0.3) is 0 Å². The number of aromatic nitrogens is 1. The van der Waals surface area contributed by atoms with Crippen molar-refractivity contribution >= 4 is 5.91 Å². The fourth-order valence-corrected chi connectivity index (χ4v) is 3.35. The molecule has 1 amide bonds. The summed E-state index contributed by atoms with van der Waals surface area (Å²) in [5, 5.41) is 3.62. The van der Waals surface area contributed by atoms with E-state index in [4.69, 9.17) is 0 Å². The van der Waals surface area contributed by atoms with Crippen molar-refractivity contribution in [2.45, 2.75) is 50.2 Å². The molecular formula is C15H21N3O. The van der Waals surface area contributed by atoms with Crippen molar-refractivity contribution in [1.29, 1.82) is 0 Å². The van der Waals surface area contributed by atoms with Crippen LogP contribution in [0.4, 0.5) is 0 Å². The second-order valence-corrected chi connectivity index (χ2v) is 5.80. The van der Waals surface area contributed by atoms with E-state index < -0.39 is 0 Å². The van der Waals surface area contributed by atoms with Crippen LogP contribution in [-0.4, -0.2) is 41.0 Å². The molecule has 2 bridgehead atoms. The maximum atomic E-state index is 12.3. The van der Waals surface area contributed by atoms with Gasteiger partial charge in [0, 0.05) is 37.6 Å². The van der Waals surface area contributed by atoms with Crippen LogP contribution in [0.3, 0.4) is 0 Å². The molecule has 0 aromatic carbocycles. The van der Waals surface area contributed by atoms with Gasteiger partial charge in [-0.05, 0) is 43.4 Å². The van der Waals surface area contributed by atoms with Gasteiger partial charge in [0.15, 0.2) is 0 Å². The van der Waals surface area contributed by atoms with Crippen molar-refractivity contribution in [3.63, 3.8) is 0 Å². The van der Waals surface area contributed by atoms with Crippen molar-refractivity contribution < 1.29 is 4.79 Å². The normalized spacial score (nSPS) is 29.2. The third-order valence-electron chi connectivity index (χ3n) is 4.49. The first-order valence-corrected chi connectivity index (χ1v) is 7.13. The number of likely N-dealkylation sites (N-methyl/N-ethyl adjacent to an activating group) is 1. The number of rotatable bonds is 3. The highest BCUT2D eigenvalue weighted by Gasteiger charge is 2.36. The first-order valence-electron chi connectivity index (χ1n) is 7.13. The van der Waals surface area contributed by atoms with Crippen LogP contribution in [-0.2, 0) is 11.2 Å². The smallest absolute Gasteiger partial charge is 0.226 e. The van der Waals surface area contributed by atoms with Crippen molar-refractivity contribution in [1.82, 2.24) is 15.2 Å². The quantitative estimate of drug-likeness (QED) is 0.891. The monoisotopic (exact) mass is 259 g/mol. The van der Waals surface area contributed by atoms with E-state index in [0.717, 1.165) is 18.4 Å². The summed E-state index contributed by atoms with van der Waals surface area (Å²) in [5.41, 5.74) is 1.05. The molecule has 4 nitrogen and oxygen atoms in total. The highest BCUT2D eigenvalue weighted by molar-refractivity contribution is 5.78. The van der Waals surface area contributed by atoms with E-state index in [-0.39, 0.29) is 5.91 Å². The maximum absolute atomic E-state index is 12.3. The van der Waals surface area contributed by atoms with Gasteiger partial charge in [-0.15, -0.1) is 0 Å². The Labute approximate surface area is 114 Å². The Hall–Kier alpha value is -1.42. The first-order chi connectivity index (χ1) is 9.22. The Balaban J connectivity index is 1.60.